The lowest BCUT2D eigenvalue weighted by molar-refractivity contribution is -0.164. The van der Waals surface area contributed by atoms with E-state index >= 15 is 0 Å². The predicted octanol–water partition coefficient (Wildman–Crippen LogP) is 4.15. The van der Waals surface area contributed by atoms with Gasteiger partial charge in [0.05, 0.1) is 18.2 Å². The fraction of sp³-hybridized carbons (Fsp3) is 0.318. The standard InChI is InChI=1S/C22H21F2NO4S/c1-3-28-20(26)22(21(27)29-4-2)16(14-8-6-5-7-9-14)13-19(30)25(22)15-10-11-17(23)18(24)12-15/h5-12,16H,3-4,13H2,1-2H3. The van der Waals surface area contributed by atoms with E-state index in [0.29, 0.717) is 5.56 Å². The molecule has 1 atom stereocenters. The molecule has 0 N–H and O–H groups in total. The van der Waals surface area contributed by atoms with Crippen molar-refractivity contribution < 1.29 is 27.8 Å². The fourth-order valence-corrected chi connectivity index (χ4v) is 4.23. The number of hydrogen-bond donors (Lipinski definition) is 0. The van der Waals surface area contributed by atoms with Crippen LogP contribution in [0.4, 0.5) is 14.5 Å². The lowest BCUT2D eigenvalue weighted by Gasteiger charge is -2.38. The van der Waals surface area contributed by atoms with Gasteiger partial charge in [0.2, 0.25) is 5.54 Å². The number of hydrogen-bond acceptors (Lipinski definition) is 5. The average Bonchev–Trinajstić information content (AvgIpc) is 3.05. The predicted molar refractivity (Wildman–Crippen MR) is 111 cm³/mol. The van der Waals surface area contributed by atoms with Crippen molar-refractivity contribution in [1.29, 1.82) is 0 Å². The monoisotopic (exact) mass is 433 g/mol. The Morgan fingerprint density at radius 1 is 1.03 bits per heavy atom. The van der Waals surface area contributed by atoms with Crippen LogP contribution < -0.4 is 4.90 Å². The summed E-state index contributed by atoms with van der Waals surface area (Å²) in [7, 11) is 0. The van der Waals surface area contributed by atoms with E-state index in [-0.39, 0.29) is 30.3 Å². The molecule has 2 aromatic rings. The number of rotatable bonds is 6. The van der Waals surface area contributed by atoms with Crippen LogP contribution in [0.3, 0.4) is 0 Å². The molecule has 1 aliphatic rings. The number of thiocarbonyl (C=S) groups is 1. The van der Waals surface area contributed by atoms with Crippen LogP contribution >= 0.6 is 12.2 Å². The van der Waals surface area contributed by atoms with Crippen molar-refractivity contribution in [2.24, 2.45) is 0 Å². The Bertz CT molecular complexity index is 949. The molecule has 0 aromatic heterocycles. The lowest BCUT2D eigenvalue weighted by atomic mass is 9.79. The van der Waals surface area contributed by atoms with Crippen LogP contribution in [-0.2, 0) is 19.1 Å². The van der Waals surface area contributed by atoms with Crippen LogP contribution in [-0.4, -0.2) is 35.7 Å². The number of benzene rings is 2. The Balaban J connectivity index is 2.29. The first-order valence-electron chi connectivity index (χ1n) is 9.55. The minimum absolute atomic E-state index is 0.0138. The Morgan fingerprint density at radius 3 is 2.17 bits per heavy atom. The molecule has 0 saturated carbocycles. The van der Waals surface area contributed by atoms with Gasteiger partial charge in [-0.1, -0.05) is 42.5 Å². The number of ether oxygens (including phenoxy) is 2. The molecule has 3 rings (SSSR count). The van der Waals surface area contributed by atoms with E-state index in [1.807, 2.05) is 0 Å². The van der Waals surface area contributed by atoms with E-state index in [1.165, 1.54) is 11.0 Å². The first kappa shape index (κ1) is 21.8. The molecule has 0 aliphatic carbocycles. The molecule has 1 unspecified atom stereocenters. The van der Waals surface area contributed by atoms with Gasteiger partial charge in [-0.25, -0.2) is 18.4 Å². The van der Waals surface area contributed by atoms with E-state index in [4.69, 9.17) is 21.7 Å². The maximum atomic E-state index is 14.1. The molecule has 1 saturated heterocycles. The maximum absolute atomic E-state index is 14.1. The third-order valence-corrected chi connectivity index (χ3v) is 5.37. The van der Waals surface area contributed by atoms with Gasteiger partial charge >= 0.3 is 11.9 Å². The Morgan fingerprint density at radius 2 is 1.63 bits per heavy atom. The van der Waals surface area contributed by atoms with Crippen LogP contribution in [0.5, 0.6) is 0 Å². The summed E-state index contributed by atoms with van der Waals surface area (Å²) >= 11 is 5.53. The highest BCUT2D eigenvalue weighted by Gasteiger charge is 2.65. The van der Waals surface area contributed by atoms with E-state index in [0.717, 1.165) is 12.1 Å². The molecule has 0 spiro atoms. The van der Waals surface area contributed by atoms with Gasteiger partial charge in [-0.3, -0.25) is 0 Å². The summed E-state index contributed by atoms with van der Waals surface area (Å²) in [5, 5.41) is 0. The summed E-state index contributed by atoms with van der Waals surface area (Å²) in [6.45, 7) is 3.26. The van der Waals surface area contributed by atoms with Crippen LogP contribution in [0, 0.1) is 11.6 Å². The van der Waals surface area contributed by atoms with Crippen LogP contribution in [0.15, 0.2) is 48.5 Å². The summed E-state index contributed by atoms with van der Waals surface area (Å²) < 4.78 is 38.2. The lowest BCUT2D eigenvalue weighted by Crippen LogP contribution is -2.62. The number of carbonyl (C=O) groups is 2. The highest BCUT2D eigenvalue weighted by Crippen LogP contribution is 2.47. The normalized spacial score (nSPS) is 17.7. The molecule has 0 bridgehead atoms. The van der Waals surface area contributed by atoms with Gasteiger partial charge in [-0.05, 0) is 31.5 Å². The Labute approximate surface area is 178 Å². The molecule has 1 aliphatic heterocycles. The number of esters is 2. The van der Waals surface area contributed by atoms with Gasteiger partial charge in [0.1, 0.15) is 0 Å². The van der Waals surface area contributed by atoms with Crippen molar-refractivity contribution in [2.45, 2.75) is 31.7 Å². The molecule has 0 amide bonds. The number of nitrogens with zero attached hydrogens (tertiary/aromatic N) is 1. The summed E-state index contributed by atoms with van der Waals surface area (Å²) in [4.78, 5) is 28.2. The van der Waals surface area contributed by atoms with Crippen molar-refractivity contribution >= 4 is 34.8 Å². The second kappa shape index (κ2) is 8.87. The third kappa shape index (κ3) is 3.56. The van der Waals surface area contributed by atoms with Gasteiger partial charge in [0, 0.05) is 24.1 Å². The molecule has 158 valence electrons. The number of carbonyl (C=O) groups excluding carboxylic acids is 2. The molecule has 1 fully saturated rings. The van der Waals surface area contributed by atoms with E-state index in [1.54, 1.807) is 44.2 Å². The molecule has 5 nitrogen and oxygen atoms in total. The minimum Gasteiger partial charge on any atom is -0.464 e. The largest absolute Gasteiger partial charge is 0.464 e. The topological polar surface area (TPSA) is 55.8 Å². The third-order valence-electron chi connectivity index (χ3n) is 5.02. The smallest absolute Gasteiger partial charge is 0.344 e. The Hall–Kier alpha value is -2.87. The van der Waals surface area contributed by atoms with Gasteiger partial charge in [0.15, 0.2) is 11.6 Å². The molecule has 1 heterocycles. The SMILES string of the molecule is CCOC(=O)C1(C(=O)OCC)C(c2ccccc2)CC(=S)N1c1ccc(F)c(F)c1. The van der Waals surface area contributed by atoms with Crippen LogP contribution in [0.25, 0.3) is 0 Å². The van der Waals surface area contributed by atoms with E-state index in [9.17, 15) is 18.4 Å². The molecule has 2 aromatic carbocycles. The van der Waals surface area contributed by atoms with E-state index in [2.05, 4.69) is 0 Å². The van der Waals surface area contributed by atoms with Gasteiger partial charge < -0.3 is 14.4 Å². The van der Waals surface area contributed by atoms with Crippen molar-refractivity contribution in [1.82, 2.24) is 0 Å². The average molecular weight is 433 g/mol. The first-order chi connectivity index (χ1) is 14.4. The van der Waals surface area contributed by atoms with Crippen LogP contribution in [0.1, 0.15) is 31.7 Å². The zero-order valence-electron chi connectivity index (χ0n) is 16.6. The molecular weight excluding hydrogens is 412 g/mol. The van der Waals surface area contributed by atoms with Crippen molar-refractivity contribution in [2.75, 3.05) is 18.1 Å². The quantitative estimate of drug-likeness (QED) is 0.388. The maximum Gasteiger partial charge on any atom is 0.344 e. The Kier molecular flexibility index (Phi) is 6.45. The first-order valence-corrected chi connectivity index (χ1v) is 9.96. The highest BCUT2D eigenvalue weighted by atomic mass is 32.1. The van der Waals surface area contributed by atoms with Crippen molar-refractivity contribution in [3.8, 4) is 0 Å². The van der Waals surface area contributed by atoms with Crippen LogP contribution in [0.2, 0.25) is 0 Å². The van der Waals surface area contributed by atoms with Crippen molar-refractivity contribution in [3.63, 3.8) is 0 Å². The molecule has 0 radical (unpaired) electrons. The number of halogens is 2. The second-order valence-electron chi connectivity index (χ2n) is 6.70. The fourth-order valence-electron chi connectivity index (χ4n) is 3.81. The van der Waals surface area contributed by atoms with Gasteiger partial charge in [-0.15, -0.1) is 0 Å². The zero-order valence-corrected chi connectivity index (χ0v) is 17.4. The minimum atomic E-state index is -2.01. The summed E-state index contributed by atoms with van der Waals surface area (Å²) in [6.07, 6.45) is 0.149. The number of anilines is 1. The summed E-state index contributed by atoms with van der Waals surface area (Å²) in [6, 6.07) is 12.0. The molecule has 8 heteroatoms. The summed E-state index contributed by atoms with van der Waals surface area (Å²) in [5.41, 5.74) is -1.26. The molecule has 30 heavy (non-hydrogen) atoms. The van der Waals surface area contributed by atoms with Gasteiger partial charge in [-0.2, -0.15) is 0 Å². The second-order valence-corrected chi connectivity index (χ2v) is 7.17. The highest BCUT2D eigenvalue weighted by molar-refractivity contribution is 7.80. The van der Waals surface area contributed by atoms with Crippen molar-refractivity contribution in [3.05, 3.63) is 65.7 Å². The summed E-state index contributed by atoms with van der Waals surface area (Å²) in [5.74, 6) is -4.64. The van der Waals surface area contributed by atoms with Gasteiger partial charge in [0.25, 0.3) is 0 Å². The zero-order chi connectivity index (χ0) is 21.9. The van der Waals surface area contributed by atoms with E-state index < -0.39 is 35.0 Å². The molecular formula is C22H21F2NO4S.